The van der Waals surface area contributed by atoms with Gasteiger partial charge in [-0.1, -0.05) is 24.3 Å². The molecular formula is C23H22N4O5S. The molecule has 0 saturated heterocycles. The highest BCUT2D eigenvalue weighted by Crippen LogP contribution is 2.11. The maximum absolute atomic E-state index is 12.2. The lowest BCUT2D eigenvalue weighted by atomic mass is 10.1. The van der Waals surface area contributed by atoms with Crippen molar-refractivity contribution < 1.29 is 22.7 Å². The monoisotopic (exact) mass is 466 g/mol. The molecular weight excluding hydrogens is 444 g/mol. The summed E-state index contributed by atoms with van der Waals surface area (Å²) in [5.41, 5.74) is 4.07. The van der Waals surface area contributed by atoms with Crippen LogP contribution < -0.4 is 15.6 Å². The molecule has 0 saturated carbocycles. The third kappa shape index (κ3) is 7.65. The number of carbonyl (C=O) groups excluding carboxylic acids is 2. The fourth-order valence-electron chi connectivity index (χ4n) is 2.60. The van der Waals surface area contributed by atoms with E-state index in [1.54, 1.807) is 66.9 Å². The van der Waals surface area contributed by atoms with Crippen molar-refractivity contribution >= 4 is 33.7 Å². The second-order valence-corrected chi connectivity index (χ2v) is 8.32. The molecule has 1 amide bonds. The summed E-state index contributed by atoms with van der Waals surface area (Å²) in [7, 11) is -3.69. The first-order valence-corrected chi connectivity index (χ1v) is 11.4. The second kappa shape index (κ2) is 11.7. The zero-order valence-corrected chi connectivity index (χ0v) is 18.3. The topological polar surface area (TPSA) is 126 Å². The van der Waals surface area contributed by atoms with Crippen LogP contribution >= 0.6 is 0 Å². The quantitative estimate of drug-likeness (QED) is 0.181. The summed E-state index contributed by atoms with van der Waals surface area (Å²) in [6.45, 7) is -0.00639. The van der Waals surface area contributed by atoms with Crippen molar-refractivity contribution in [2.45, 2.75) is 4.90 Å². The van der Waals surface area contributed by atoms with Crippen LogP contribution in [0, 0.1) is 0 Å². The Morgan fingerprint density at radius 3 is 2.36 bits per heavy atom. The van der Waals surface area contributed by atoms with Crippen molar-refractivity contribution in [2.75, 3.05) is 18.5 Å². The number of rotatable bonds is 10. The molecule has 0 aliphatic carbocycles. The van der Waals surface area contributed by atoms with Gasteiger partial charge in [0, 0.05) is 24.0 Å². The van der Waals surface area contributed by atoms with Crippen molar-refractivity contribution in [3.63, 3.8) is 0 Å². The molecule has 1 heterocycles. The Morgan fingerprint density at radius 1 is 0.939 bits per heavy atom. The molecule has 9 nitrogen and oxygen atoms in total. The van der Waals surface area contributed by atoms with E-state index in [1.165, 1.54) is 18.2 Å². The van der Waals surface area contributed by atoms with Crippen LogP contribution in [0.15, 0.2) is 90.0 Å². The second-order valence-electron chi connectivity index (χ2n) is 6.64. The Balaban J connectivity index is 1.39. The number of aromatic nitrogens is 1. The number of benzene rings is 2. The largest absolute Gasteiger partial charge is 0.448 e. The van der Waals surface area contributed by atoms with Gasteiger partial charge in [-0.2, -0.15) is 0 Å². The number of anilines is 1. The number of nitrogens with one attached hydrogen (secondary N) is 3. The molecule has 10 heteroatoms. The fraction of sp³-hybridized carbons (Fsp3) is 0.0870. The molecule has 0 radical (unpaired) electrons. The van der Waals surface area contributed by atoms with Crippen LogP contribution in [0.25, 0.3) is 6.08 Å². The minimum Gasteiger partial charge on any atom is -0.448 e. The number of hydrogen-bond donors (Lipinski definition) is 3. The van der Waals surface area contributed by atoms with Crippen LogP contribution in [0.5, 0.6) is 0 Å². The number of pyridine rings is 1. The van der Waals surface area contributed by atoms with E-state index in [2.05, 4.69) is 20.6 Å². The van der Waals surface area contributed by atoms with Crippen LogP contribution in [0.4, 0.5) is 10.5 Å². The number of sulfonamides is 1. The number of hydrazine groups is 1. The minimum absolute atomic E-state index is 0.0650. The predicted molar refractivity (Wildman–Crippen MR) is 124 cm³/mol. The van der Waals surface area contributed by atoms with Gasteiger partial charge in [-0.3, -0.25) is 15.1 Å². The third-order valence-electron chi connectivity index (χ3n) is 4.23. The van der Waals surface area contributed by atoms with Gasteiger partial charge in [0.05, 0.1) is 10.6 Å². The van der Waals surface area contributed by atoms with E-state index < -0.39 is 16.1 Å². The number of allylic oxidation sites excluding steroid dienone is 1. The van der Waals surface area contributed by atoms with Gasteiger partial charge in [-0.15, -0.1) is 4.83 Å². The van der Waals surface area contributed by atoms with Crippen molar-refractivity contribution in [3.05, 3.63) is 96.3 Å². The lowest BCUT2D eigenvalue weighted by Crippen LogP contribution is -2.39. The summed E-state index contributed by atoms with van der Waals surface area (Å²) >= 11 is 0. The molecule has 170 valence electrons. The van der Waals surface area contributed by atoms with Crippen LogP contribution in [-0.2, 0) is 14.8 Å². The maximum atomic E-state index is 12.2. The summed E-state index contributed by atoms with van der Waals surface area (Å²) in [5.74, 6) is -0.196. The Morgan fingerprint density at radius 2 is 1.67 bits per heavy atom. The Hall–Kier alpha value is -3.86. The average Bonchev–Trinajstić information content (AvgIpc) is 2.84. The summed E-state index contributed by atoms with van der Waals surface area (Å²) < 4.78 is 29.1. The summed E-state index contributed by atoms with van der Waals surface area (Å²) in [4.78, 5) is 30.6. The number of ketones is 1. The van der Waals surface area contributed by atoms with Crippen LogP contribution in [-0.4, -0.2) is 38.4 Å². The first-order chi connectivity index (χ1) is 15.9. The first-order valence-electron chi connectivity index (χ1n) is 9.91. The highest BCUT2D eigenvalue weighted by atomic mass is 32.2. The molecule has 33 heavy (non-hydrogen) atoms. The Kier molecular flexibility index (Phi) is 8.42. The number of hydrogen-bond acceptors (Lipinski definition) is 7. The summed E-state index contributed by atoms with van der Waals surface area (Å²) in [5, 5.41) is 2.53. The molecule has 0 bridgehead atoms. The van der Waals surface area contributed by atoms with Gasteiger partial charge in [0.25, 0.3) is 10.0 Å². The molecule has 3 aromatic rings. The normalized spacial score (nSPS) is 11.3. The molecule has 3 rings (SSSR count). The molecule has 0 atom stereocenters. The third-order valence-corrected chi connectivity index (χ3v) is 5.54. The van der Waals surface area contributed by atoms with Gasteiger partial charge < -0.3 is 4.74 Å². The molecule has 0 aliphatic rings. The highest BCUT2D eigenvalue weighted by molar-refractivity contribution is 7.89. The SMILES string of the molecule is O=C(Nc1ccc(C(=O)C=Cc2ccccn2)cc1)OCCNNS(=O)(=O)c1ccccc1. The minimum atomic E-state index is -3.69. The van der Waals surface area contributed by atoms with Gasteiger partial charge in [-0.05, 0) is 60.7 Å². The number of nitrogens with zero attached hydrogens (tertiary/aromatic N) is 1. The van der Waals surface area contributed by atoms with E-state index in [-0.39, 0.29) is 23.8 Å². The van der Waals surface area contributed by atoms with Crippen molar-refractivity contribution in [1.82, 2.24) is 15.2 Å². The molecule has 1 aromatic heterocycles. The van der Waals surface area contributed by atoms with Gasteiger partial charge >= 0.3 is 6.09 Å². The number of carbonyl (C=O) groups is 2. The zero-order chi connectivity index (χ0) is 23.5. The van der Waals surface area contributed by atoms with E-state index in [4.69, 9.17) is 4.74 Å². The molecule has 2 aromatic carbocycles. The van der Waals surface area contributed by atoms with E-state index in [9.17, 15) is 18.0 Å². The van der Waals surface area contributed by atoms with E-state index in [0.717, 1.165) is 0 Å². The van der Waals surface area contributed by atoms with E-state index in [0.29, 0.717) is 16.9 Å². The van der Waals surface area contributed by atoms with Crippen molar-refractivity contribution in [2.24, 2.45) is 0 Å². The number of amides is 1. The Labute approximate surface area is 191 Å². The number of ether oxygens (including phenoxy) is 1. The average molecular weight is 467 g/mol. The van der Waals surface area contributed by atoms with Gasteiger partial charge in [0.15, 0.2) is 5.78 Å². The van der Waals surface area contributed by atoms with Crippen LogP contribution in [0.3, 0.4) is 0 Å². The van der Waals surface area contributed by atoms with Gasteiger partial charge in [0.1, 0.15) is 6.61 Å². The highest BCUT2D eigenvalue weighted by Gasteiger charge is 2.12. The molecule has 0 fully saturated rings. The fourth-order valence-corrected chi connectivity index (χ4v) is 3.53. The molecule has 0 spiro atoms. The standard InChI is InChI=1S/C23H22N4O5S/c28-22(14-13-19-6-4-5-15-24-19)18-9-11-20(12-10-18)26-23(29)32-17-16-25-27-33(30,31)21-7-2-1-3-8-21/h1-15,25,27H,16-17H2,(H,26,29). The smallest absolute Gasteiger partial charge is 0.411 e. The van der Waals surface area contributed by atoms with Gasteiger partial charge in [0.2, 0.25) is 0 Å². The van der Waals surface area contributed by atoms with E-state index >= 15 is 0 Å². The van der Waals surface area contributed by atoms with Crippen molar-refractivity contribution in [1.29, 1.82) is 0 Å². The first kappa shape index (κ1) is 23.8. The van der Waals surface area contributed by atoms with E-state index in [1.807, 2.05) is 6.07 Å². The maximum Gasteiger partial charge on any atom is 0.411 e. The van der Waals surface area contributed by atoms with Crippen LogP contribution in [0.1, 0.15) is 16.1 Å². The zero-order valence-electron chi connectivity index (χ0n) is 17.5. The lowest BCUT2D eigenvalue weighted by molar-refractivity contribution is 0.104. The predicted octanol–water partition coefficient (Wildman–Crippen LogP) is 3.01. The Bertz CT molecular complexity index is 1200. The summed E-state index contributed by atoms with van der Waals surface area (Å²) in [6, 6.07) is 19.6. The van der Waals surface area contributed by atoms with Crippen LogP contribution in [0.2, 0.25) is 0 Å². The lowest BCUT2D eigenvalue weighted by Gasteiger charge is -2.10. The van der Waals surface area contributed by atoms with Gasteiger partial charge in [-0.25, -0.2) is 18.6 Å². The van der Waals surface area contributed by atoms with Crippen molar-refractivity contribution in [3.8, 4) is 0 Å². The summed E-state index contributed by atoms with van der Waals surface area (Å²) in [6.07, 6.45) is 3.98. The molecule has 3 N–H and O–H groups in total. The molecule has 0 unspecified atom stereocenters. The molecule has 0 aliphatic heterocycles.